The first kappa shape index (κ1) is 12.9. The molecule has 1 nitrogen and oxygen atoms in total. The van der Waals surface area contributed by atoms with E-state index >= 15 is 0 Å². The summed E-state index contributed by atoms with van der Waals surface area (Å²) >= 11 is 10.1. The highest BCUT2D eigenvalue weighted by Gasteiger charge is 2.31. The van der Waals surface area contributed by atoms with Crippen LogP contribution in [-0.4, -0.2) is 4.98 Å². The van der Waals surface area contributed by atoms with Crippen LogP contribution in [0.5, 0.6) is 0 Å². The van der Waals surface area contributed by atoms with Gasteiger partial charge in [0.05, 0.1) is 16.1 Å². The van der Waals surface area contributed by atoms with Gasteiger partial charge in [0.2, 0.25) is 0 Å². The van der Waals surface area contributed by atoms with Gasteiger partial charge in [0.15, 0.2) is 0 Å². The minimum absolute atomic E-state index is 0.171. The second-order valence-electron chi connectivity index (χ2n) is 3.16. The minimum Gasteiger partial charge on any atom is -0.235 e. The van der Waals surface area contributed by atoms with Crippen LogP contribution in [0.3, 0.4) is 0 Å². The SMILES string of the molecule is FC(F)(F)c1cc(Cl)nc(-c2sccc2Br)c1. The van der Waals surface area contributed by atoms with Gasteiger partial charge >= 0.3 is 6.18 Å². The summed E-state index contributed by atoms with van der Waals surface area (Å²) in [5.41, 5.74) is -0.584. The van der Waals surface area contributed by atoms with Gasteiger partial charge in [-0.05, 0) is 39.5 Å². The van der Waals surface area contributed by atoms with Crippen molar-refractivity contribution in [3.05, 3.63) is 38.8 Å². The summed E-state index contributed by atoms with van der Waals surface area (Å²) in [5.74, 6) is 0. The summed E-state index contributed by atoms with van der Waals surface area (Å²) in [6.45, 7) is 0. The molecule has 0 aliphatic heterocycles. The molecule has 0 N–H and O–H groups in total. The van der Waals surface area contributed by atoms with Crippen LogP contribution in [0.1, 0.15) is 5.56 Å². The van der Waals surface area contributed by atoms with Crippen molar-refractivity contribution < 1.29 is 13.2 Å². The summed E-state index contributed by atoms with van der Waals surface area (Å²) < 4.78 is 38.5. The normalized spacial score (nSPS) is 11.8. The van der Waals surface area contributed by atoms with Crippen molar-refractivity contribution in [1.29, 1.82) is 0 Å². The fourth-order valence-electron chi connectivity index (χ4n) is 1.25. The topological polar surface area (TPSA) is 12.9 Å². The molecule has 0 fully saturated rings. The molecule has 2 rings (SSSR count). The lowest BCUT2D eigenvalue weighted by atomic mass is 10.2. The third-order valence-electron chi connectivity index (χ3n) is 1.97. The maximum absolute atomic E-state index is 12.6. The fraction of sp³-hybridized carbons (Fsp3) is 0.100. The molecule has 2 aromatic heterocycles. The van der Waals surface area contributed by atoms with Crippen molar-refractivity contribution in [1.82, 2.24) is 4.98 Å². The van der Waals surface area contributed by atoms with Crippen molar-refractivity contribution in [2.24, 2.45) is 0 Å². The van der Waals surface area contributed by atoms with Gasteiger partial charge in [-0.15, -0.1) is 11.3 Å². The van der Waals surface area contributed by atoms with Gasteiger partial charge in [-0.3, -0.25) is 0 Å². The molecule has 0 bridgehead atoms. The molecular weight excluding hydrogens is 339 g/mol. The van der Waals surface area contributed by atoms with Crippen LogP contribution < -0.4 is 0 Å². The Morgan fingerprint density at radius 1 is 1.29 bits per heavy atom. The molecule has 2 heterocycles. The van der Waals surface area contributed by atoms with Crippen molar-refractivity contribution in [2.45, 2.75) is 6.18 Å². The van der Waals surface area contributed by atoms with Crippen LogP contribution in [0.25, 0.3) is 10.6 Å². The van der Waals surface area contributed by atoms with E-state index in [9.17, 15) is 13.2 Å². The molecule has 0 radical (unpaired) electrons. The largest absolute Gasteiger partial charge is 0.416 e. The van der Waals surface area contributed by atoms with Gasteiger partial charge in [-0.25, -0.2) is 4.98 Å². The molecule has 0 aliphatic carbocycles. The first-order valence-electron chi connectivity index (χ1n) is 4.36. The Hall–Kier alpha value is -0.590. The van der Waals surface area contributed by atoms with E-state index in [4.69, 9.17) is 11.6 Å². The van der Waals surface area contributed by atoms with Crippen LogP contribution in [-0.2, 0) is 6.18 Å². The second kappa shape index (κ2) is 4.59. The van der Waals surface area contributed by atoms with E-state index in [2.05, 4.69) is 20.9 Å². The predicted molar refractivity (Wildman–Crippen MR) is 65.3 cm³/mol. The highest BCUT2D eigenvalue weighted by Crippen LogP contribution is 2.37. The zero-order chi connectivity index (χ0) is 12.6. The molecule has 0 aliphatic rings. The van der Waals surface area contributed by atoms with Crippen molar-refractivity contribution in [3.63, 3.8) is 0 Å². The Labute approximate surface area is 112 Å². The van der Waals surface area contributed by atoms with E-state index in [0.717, 1.165) is 12.1 Å². The molecule has 90 valence electrons. The van der Waals surface area contributed by atoms with E-state index in [1.807, 2.05) is 0 Å². The number of thiophene rings is 1. The Bertz CT molecular complexity index is 553. The first-order valence-corrected chi connectivity index (χ1v) is 6.41. The van der Waals surface area contributed by atoms with Crippen LogP contribution in [0.15, 0.2) is 28.1 Å². The molecule has 0 aromatic carbocycles. The third kappa shape index (κ3) is 2.81. The molecular formula is C10H4BrClF3NS. The smallest absolute Gasteiger partial charge is 0.235 e. The van der Waals surface area contributed by atoms with Gasteiger partial charge in [0.25, 0.3) is 0 Å². The maximum Gasteiger partial charge on any atom is 0.416 e. The number of pyridine rings is 1. The van der Waals surface area contributed by atoms with Crippen molar-refractivity contribution in [2.75, 3.05) is 0 Å². The van der Waals surface area contributed by atoms with Gasteiger partial charge in [0, 0.05) is 4.47 Å². The van der Waals surface area contributed by atoms with Crippen LogP contribution in [0.4, 0.5) is 13.2 Å². The molecule has 0 amide bonds. The average Bonchev–Trinajstić information content (AvgIpc) is 2.62. The number of alkyl halides is 3. The van der Waals surface area contributed by atoms with E-state index in [1.54, 1.807) is 11.4 Å². The number of hydrogen-bond donors (Lipinski definition) is 0. The highest BCUT2D eigenvalue weighted by atomic mass is 79.9. The van der Waals surface area contributed by atoms with E-state index in [1.165, 1.54) is 11.3 Å². The van der Waals surface area contributed by atoms with Gasteiger partial charge in [-0.1, -0.05) is 11.6 Å². The number of halogens is 5. The number of aromatic nitrogens is 1. The van der Waals surface area contributed by atoms with E-state index in [0.29, 0.717) is 9.35 Å². The standard InChI is InChI=1S/C10H4BrClF3NS/c11-6-1-2-17-9(6)7-3-5(10(13,14)15)4-8(12)16-7/h1-4H. The molecule has 0 spiro atoms. The zero-order valence-corrected chi connectivity index (χ0v) is 11.2. The molecule has 0 unspecified atom stereocenters. The van der Waals surface area contributed by atoms with Crippen LogP contribution in [0, 0.1) is 0 Å². The fourth-order valence-corrected chi connectivity index (χ4v) is 3.00. The van der Waals surface area contributed by atoms with Crippen LogP contribution >= 0.6 is 38.9 Å². The van der Waals surface area contributed by atoms with Gasteiger partial charge in [-0.2, -0.15) is 13.2 Å². The van der Waals surface area contributed by atoms with E-state index < -0.39 is 11.7 Å². The number of hydrogen-bond acceptors (Lipinski definition) is 2. The van der Waals surface area contributed by atoms with Crippen molar-refractivity contribution >= 4 is 38.9 Å². The molecule has 2 aromatic rings. The number of rotatable bonds is 1. The maximum atomic E-state index is 12.6. The zero-order valence-electron chi connectivity index (χ0n) is 8.05. The lowest BCUT2D eigenvalue weighted by molar-refractivity contribution is -0.137. The van der Waals surface area contributed by atoms with Gasteiger partial charge in [0.1, 0.15) is 5.15 Å². The molecule has 17 heavy (non-hydrogen) atoms. The average molecular weight is 343 g/mol. The second-order valence-corrected chi connectivity index (χ2v) is 5.32. The predicted octanol–water partition coefficient (Wildman–Crippen LogP) is 5.24. The summed E-state index contributed by atoms with van der Waals surface area (Å²) in [4.78, 5) is 4.52. The monoisotopic (exact) mass is 341 g/mol. The summed E-state index contributed by atoms with van der Waals surface area (Å²) in [6, 6.07) is 3.55. The van der Waals surface area contributed by atoms with E-state index in [-0.39, 0.29) is 10.8 Å². The molecule has 0 saturated heterocycles. The first-order chi connectivity index (χ1) is 7.88. The third-order valence-corrected chi connectivity index (χ3v) is 4.03. The number of nitrogens with zero attached hydrogens (tertiary/aromatic N) is 1. The molecule has 7 heteroatoms. The highest BCUT2D eigenvalue weighted by molar-refractivity contribution is 9.10. The summed E-state index contributed by atoms with van der Waals surface area (Å²) in [5, 5.41) is 1.59. The minimum atomic E-state index is -4.43. The Morgan fingerprint density at radius 2 is 2.00 bits per heavy atom. The molecule has 0 atom stereocenters. The van der Waals surface area contributed by atoms with Gasteiger partial charge < -0.3 is 0 Å². The Morgan fingerprint density at radius 3 is 2.53 bits per heavy atom. The lowest BCUT2D eigenvalue weighted by Crippen LogP contribution is -2.05. The quantitative estimate of drug-likeness (QED) is 0.645. The van der Waals surface area contributed by atoms with Crippen molar-refractivity contribution in [3.8, 4) is 10.6 Å². The summed E-state index contributed by atoms with van der Waals surface area (Å²) in [7, 11) is 0. The molecule has 0 saturated carbocycles. The Kier molecular flexibility index (Phi) is 3.47. The Balaban J connectivity index is 2.57. The lowest BCUT2D eigenvalue weighted by Gasteiger charge is -2.08. The van der Waals surface area contributed by atoms with Crippen LogP contribution in [0.2, 0.25) is 5.15 Å². The summed E-state index contributed by atoms with van der Waals surface area (Å²) in [6.07, 6.45) is -4.43.